The van der Waals surface area contributed by atoms with Crippen molar-refractivity contribution in [3.8, 4) is 22.6 Å². The highest BCUT2D eigenvalue weighted by molar-refractivity contribution is 6.13. The first-order valence-corrected chi connectivity index (χ1v) is 10.7. The molecule has 35 heavy (non-hydrogen) atoms. The molecule has 0 bridgehead atoms. The summed E-state index contributed by atoms with van der Waals surface area (Å²) in [6, 6.07) is 16.8. The Kier molecular flexibility index (Phi) is 6.55. The average molecular weight is 471 g/mol. The Hall–Kier alpha value is -4.59. The van der Waals surface area contributed by atoms with Gasteiger partial charge in [0.15, 0.2) is 22.7 Å². The smallest absolute Gasteiger partial charge is 0.291 e. The van der Waals surface area contributed by atoms with Gasteiger partial charge in [-0.25, -0.2) is 0 Å². The molecule has 177 valence electrons. The summed E-state index contributed by atoms with van der Waals surface area (Å²) < 4.78 is 16.5. The Morgan fingerprint density at radius 2 is 1.74 bits per heavy atom. The van der Waals surface area contributed by atoms with Crippen molar-refractivity contribution >= 4 is 28.5 Å². The topological polar surface area (TPSA) is 121 Å². The largest absolute Gasteiger partial charge is 0.493 e. The number of hydrogen-bond donors (Lipinski definition) is 2. The lowest BCUT2D eigenvalue weighted by Crippen LogP contribution is -2.21. The molecule has 0 unspecified atom stereocenters. The lowest BCUT2D eigenvalue weighted by molar-refractivity contribution is 0.0997. The van der Waals surface area contributed by atoms with Gasteiger partial charge in [-0.05, 0) is 42.7 Å². The first-order chi connectivity index (χ1) is 16.9. The van der Waals surface area contributed by atoms with Gasteiger partial charge < -0.3 is 24.9 Å². The third-order valence-corrected chi connectivity index (χ3v) is 5.57. The molecule has 1 aromatic heterocycles. The highest BCUT2D eigenvalue weighted by atomic mass is 16.5. The van der Waals surface area contributed by atoms with Gasteiger partial charge in [0.2, 0.25) is 0 Å². The first kappa shape index (κ1) is 23.6. The van der Waals surface area contributed by atoms with E-state index in [1.807, 2.05) is 24.3 Å². The zero-order chi connectivity index (χ0) is 25.1. The van der Waals surface area contributed by atoms with E-state index in [2.05, 4.69) is 12.2 Å². The second-order valence-corrected chi connectivity index (χ2v) is 7.65. The molecule has 8 heteroatoms. The monoisotopic (exact) mass is 471 g/mol. The van der Waals surface area contributed by atoms with E-state index in [0.717, 1.165) is 11.6 Å². The molecule has 0 saturated carbocycles. The van der Waals surface area contributed by atoms with E-state index >= 15 is 0 Å². The van der Waals surface area contributed by atoms with Crippen LogP contribution in [0.2, 0.25) is 0 Å². The van der Waals surface area contributed by atoms with Gasteiger partial charge in [-0.2, -0.15) is 0 Å². The predicted molar refractivity (Wildman–Crippen MR) is 133 cm³/mol. The maximum absolute atomic E-state index is 13.2. The minimum absolute atomic E-state index is 0.0633. The molecule has 0 aliphatic heterocycles. The van der Waals surface area contributed by atoms with Crippen LogP contribution in [0.3, 0.4) is 0 Å². The average Bonchev–Trinajstić information content (AvgIpc) is 2.87. The molecule has 0 aliphatic rings. The first-order valence-electron chi connectivity index (χ1n) is 10.7. The summed E-state index contributed by atoms with van der Waals surface area (Å²) in [5.41, 5.74) is 7.76. The number of fused-ring (bicyclic) bond motifs is 1. The lowest BCUT2D eigenvalue weighted by atomic mass is 9.96. The van der Waals surface area contributed by atoms with E-state index in [9.17, 15) is 14.4 Å². The molecular weight excluding hydrogens is 448 g/mol. The number of hydrogen-bond acceptors (Lipinski definition) is 6. The van der Waals surface area contributed by atoms with Crippen LogP contribution in [-0.2, 0) is 6.42 Å². The van der Waals surface area contributed by atoms with E-state index in [4.69, 9.17) is 19.6 Å². The van der Waals surface area contributed by atoms with Crippen molar-refractivity contribution < 1.29 is 23.5 Å². The van der Waals surface area contributed by atoms with Gasteiger partial charge in [0, 0.05) is 11.6 Å². The minimum atomic E-state index is -0.841. The number of anilines is 1. The fraction of sp³-hybridized carbons (Fsp3) is 0.111. The summed E-state index contributed by atoms with van der Waals surface area (Å²) >= 11 is 0. The van der Waals surface area contributed by atoms with Crippen LogP contribution < -0.4 is 26.0 Å². The Morgan fingerprint density at radius 1 is 1.03 bits per heavy atom. The number of rotatable bonds is 7. The number of carbonyl (C=O) groups is 2. The standard InChI is InChI=1S/C27H23N2O6/c1-4-15-9-11-16(12-10-15)18-13-21(33-2)25(34-3)23(26(28)31)24(18)29-27(32)22-14-19(30)17-7-5-6-8-20(17)35-22/h5-14H,1,4H2,2-3H3,(H2,28,31)(H,29,32). The number of methoxy groups -OCH3 is 2. The van der Waals surface area contributed by atoms with E-state index < -0.39 is 11.8 Å². The molecule has 8 nitrogen and oxygen atoms in total. The molecule has 4 rings (SSSR count). The number of nitrogens with one attached hydrogen (secondary N) is 1. The van der Waals surface area contributed by atoms with Crippen molar-refractivity contribution in [2.24, 2.45) is 5.73 Å². The van der Waals surface area contributed by atoms with Crippen LogP contribution in [0, 0.1) is 6.92 Å². The van der Waals surface area contributed by atoms with Crippen LogP contribution >= 0.6 is 0 Å². The van der Waals surface area contributed by atoms with E-state index in [-0.39, 0.29) is 39.5 Å². The number of carbonyl (C=O) groups excluding carboxylic acids is 2. The SMILES string of the molecule is [CH2]Cc1ccc(-c2cc(OC)c(OC)c(C(N)=O)c2NC(=O)c2cc(=O)c3ccccc3o2)cc1. The molecule has 0 saturated heterocycles. The van der Waals surface area contributed by atoms with Gasteiger partial charge >= 0.3 is 0 Å². The maximum Gasteiger partial charge on any atom is 0.291 e. The highest BCUT2D eigenvalue weighted by Crippen LogP contribution is 2.43. The molecule has 1 radical (unpaired) electrons. The summed E-state index contributed by atoms with van der Waals surface area (Å²) in [6.45, 7) is 3.87. The second-order valence-electron chi connectivity index (χ2n) is 7.65. The van der Waals surface area contributed by atoms with Gasteiger partial charge in [-0.3, -0.25) is 14.4 Å². The van der Waals surface area contributed by atoms with Crippen LogP contribution in [0.5, 0.6) is 11.5 Å². The summed E-state index contributed by atoms with van der Waals surface area (Å²) in [5, 5.41) is 3.05. The van der Waals surface area contributed by atoms with Gasteiger partial charge in [-0.1, -0.05) is 36.4 Å². The van der Waals surface area contributed by atoms with Crippen molar-refractivity contribution in [3.05, 3.63) is 94.7 Å². The number of benzene rings is 3. The van der Waals surface area contributed by atoms with Crippen LogP contribution in [0.4, 0.5) is 5.69 Å². The van der Waals surface area contributed by atoms with Gasteiger partial charge in [0.25, 0.3) is 11.8 Å². The van der Waals surface area contributed by atoms with Gasteiger partial charge in [0.1, 0.15) is 11.1 Å². The Bertz CT molecular complexity index is 1490. The van der Waals surface area contributed by atoms with E-state index in [0.29, 0.717) is 22.9 Å². The number of primary amides is 1. The van der Waals surface area contributed by atoms with E-state index in [1.54, 1.807) is 30.3 Å². The fourth-order valence-electron chi connectivity index (χ4n) is 3.83. The normalized spacial score (nSPS) is 10.7. The Balaban J connectivity index is 1.91. The molecule has 0 spiro atoms. The molecule has 2 amide bonds. The van der Waals surface area contributed by atoms with Crippen LogP contribution in [0.15, 0.2) is 69.9 Å². The number of para-hydroxylation sites is 1. The third-order valence-electron chi connectivity index (χ3n) is 5.57. The van der Waals surface area contributed by atoms with Crippen molar-refractivity contribution in [1.29, 1.82) is 0 Å². The van der Waals surface area contributed by atoms with Crippen molar-refractivity contribution in [2.75, 3.05) is 19.5 Å². The molecule has 3 N–H and O–H groups in total. The quantitative estimate of drug-likeness (QED) is 0.417. The number of amides is 2. The van der Waals surface area contributed by atoms with Crippen molar-refractivity contribution in [2.45, 2.75) is 6.42 Å². The molecule has 0 aliphatic carbocycles. The van der Waals surface area contributed by atoms with Crippen LogP contribution in [0.1, 0.15) is 26.5 Å². The fourth-order valence-corrected chi connectivity index (χ4v) is 3.83. The molecule has 3 aromatic carbocycles. The molecule has 1 heterocycles. The number of nitrogens with two attached hydrogens (primary N) is 1. The Morgan fingerprint density at radius 3 is 2.37 bits per heavy atom. The number of ether oxygens (including phenoxy) is 2. The predicted octanol–water partition coefficient (Wildman–Crippen LogP) is 4.20. The Labute approximate surface area is 201 Å². The summed E-state index contributed by atoms with van der Waals surface area (Å²) in [5.74, 6) is -1.48. The van der Waals surface area contributed by atoms with Crippen molar-refractivity contribution in [1.82, 2.24) is 0 Å². The van der Waals surface area contributed by atoms with Gasteiger partial charge in [0.05, 0.1) is 25.3 Å². The molecule has 4 aromatic rings. The molecule has 0 atom stereocenters. The zero-order valence-corrected chi connectivity index (χ0v) is 19.2. The van der Waals surface area contributed by atoms with Crippen LogP contribution in [-0.4, -0.2) is 26.0 Å². The van der Waals surface area contributed by atoms with E-state index in [1.165, 1.54) is 14.2 Å². The minimum Gasteiger partial charge on any atom is -0.493 e. The third kappa shape index (κ3) is 4.46. The second kappa shape index (κ2) is 9.72. The lowest BCUT2D eigenvalue weighted by Gasteiger charge is -2.20. The van der Waals surface area contributed by atoms with Crippen LogP contribution in [0.25, 0.3) is 22.1 Å². The summed E-state index contributed by atoms with van der Waals surface area (Å²) in [6.07, 6.45) is 0.601. The summed E-state index contributed by atoms with van der Waals surface area (Å²) in [7, 11) is 2.79. The maximum atomic E-state index is 13.2. The zero-order valence-electron chi connectivity index (χ0n) is 19.2. The molecule has 0 fully saturated rings. The van der Waals surface area contributed by atoms with Gasteiger partial charge in [-0.15, -0.1) is 0 Å². The highest BCUT2D eigenvalue weighted by Gasteiger charge is 2.26. The van der Waals surface area contributed by atoms with Crippen molar-refractivity contribution in [3.63, 3.8) is 0 Å². The molecular formula is C27H23N2O6. The summed E-state index contributed by atoms with van der Waals surface area (Å²) in [4.78, 5) is 38.3.